The van der Waals surface area contributed by atoms with E-state index in [1.165, 1.54) is 0 Å². The minimum absolute atomic E-state index is 0.750. The van der Waals surface area contributed by atoms with Crippen LogP contribution in [0.2, 0.25) is 0 Å². The topological polar surface area (TPSA) is 61.1 Å². The van der Waals surface area contributed by atoms with Gasteiger partial charge in [-0.05, 0) is 23.2 Å². The van der Waals surface area contributed by atoms with Crippen molar-refractivity contribution in [1.82, 2.24) is 0 Å². The first-order valence-corrected chi connectivity index (χ1v) is 1.79. The molecule has 0 aliphatic rings. The zero-order valence-corrected chi connectivity index (χ0v) is 4.57. The van der Waals surface area contributed by atoms with Crippen molar-refractivity contribution in [3.8, 4) is 6.26 Å². The molecule has 0 aromatic carbocycles. The minimum atomic E-state index is -0.889. The number of aliphatic hydroxyl groups is 1. The van der Waals surface area contributed by atoms with Crippen molar-refractivity contribution in [3.63, 3.8) is 0 Å². The van der Waals surface area contributed by atoms with Crippen molar-refractivity contribution in [1.29, 1.82) is 5.26 Å². The molecule has 0 aliphatic heterocycles. The summed E-state index contributed by atoms with van der Waals surface area (Å²) in [7, 11) is 0. The number of aliphatic hydroxyl groups excluding tert-OH is 1. The Balaban J connectivity index is 0. The summed E-state index contributed by atoms with van der Waals surface area (Å²) in [5, 5.41) is 13.8. The molecule has 0 saturated carbocycles. The third-order valence-corrected chi connectivity index (χ3v) is 0. The maximum Gasteiger partial charge on any atom is 0.313 e. The van der Waals surface area contributed by atoms with Crippen LogP contribution in [-0.4, -0.2) is 9.81 Å². The summed E-state index contributed by atoms with van der Waals surface area (Å²) in [6.07, 6.45) is 0.750. The monoisotopic (exact) mass is 141 g/mol. The molecule has 0 atom stereocenters. The second-order valence-electron chi connectivity index (χ2n) is 0.326. The molecule has 40 valence electrons. The lowest BCUT2D eigenvalue weighted by Crippen LogP contribution is -1.46. The number of nitrogens with zero attached hydrogens (tertiary/aromatic N) is 1. The zero-order valence-electron chi connectivity index (χ0n) is 3.06. The van der Waals surface area contributed by atoms with Gasteiger partial charge in [-0.2, -0.15) is 5.26 Å². The maximum absolute atomic E-state index is 8.98. The van der Waals surface area contributed by atoms with Gasteiger partial charge in [0, 0.05) is 0 Å². The van der Waals surface area contributed by atoms with E-state index in [2.05, 4.69) is 23.2 Å². The van der Waals surface area contributed by atoms with E-state index in [1.54, 1.807) is 0 Å². The molecule has 0 aliphatic carbocycles. The molecule has 0 fully saturated rings. The standard InChI is InChI=1S/CCl2O.CHNO/c2-1(3)4;2-1-3/h;3H. The van der Waals surface area contributed by atoms with Gasteiger partial charge in [0.2, 0.25) is 0 Å². The summed E-state index contributed by atoms with van der Waals surface area (Å²) in [4.78, 5) is 8.98. The van der Waals surface area contributed by atoms with Crippen LogP contribution in [0.25, 0.3) is 0 Å². The number of carbonyl (C=O) groups is 1. The van der Waals surface area contributed by atoms with E-state index in [1.807, 2.05) is 0 Å². The van der Waals surface area contributed by atoms with Gasteiger partial charge in [-0.3, -0.25) is 4.79 Å². The summed E-state index contributed by atoms with van der Waals surface area (Å²) in [6.45, 7) is 0. The van der Waals surface area contributed by atoms with Crippen LogP contribution in [0.4, 0.5) is 4.79 Å². The molecular weight excluding hydrogens is 141 g/mol. The van der Waals surface area contributed by atoms with E-state index >= 15 is 0 Å². The second-order valence-corrected chi connectivity index (χ2v) is 1.21. The van der Waals surface area contributed by atoms with Crippen molar-refractivity contribution < 1.29 is 9.90 Å². The molecular formula is C2HCl2NO2. The normalized spacial score (nSPS) is 4.71. The molecule has 0 radical (unpaired) electrons. The first-order chi connectivity index (χ1) is 3.15. The van der Waals surface area contributed by atoms with Crippen molar-refractivity contribution in [3.05, 3.63) is 0 Å². The first-order valence-electron chi connectivity index (χ1n) is 1.03. The Morgan fingerprint density at radius 2 is 1.71 bits per heavy atom. The molecule has 0 bridgehead atoms. The fraction of sp³-hybridized carbons (Fsp3) is 0. The van der Waals surface area contributed by atoms with Gasteiger partial charge in [0.15, 0.2) is 0 Å². The van der Waals surface area contributed by atoms with Gasteiger partial charge in [-0.25, -0.2) is 0 Å². The molecule has 0 amide bonds. The van der Waals surface area contributed by atoms with Crippen LogP contribution in [0.3, 0.4) is 0 Å². The van der Waals surface area contributed by atoms with Gasteiger partial charge in [0.25, 0.3) is 6.26 Å². The summed E-state index contributed by atoms with van der Waals surface area (Å²) in [5.41, 5.74) is 0. The quantitative estimate of drug-likeness (QED) is 0.410. The fourth-order valence-electron chi connectivity index (χ4n) is 0. The highest BCUT2D eigenvalue weighted by Gasteiger charge is 1.72. The Kier molecular flexibility index (Phi) is 12.7. The van der Waals surface area contributed by atoms with Crippen molar-refractivity contribution >= 4 is 27.9 Å². The molecule has 0 saturated heterocycles. The third-order valence-electron chi connectivity index (χ3n) is 0. The highest BCUT2D eigenvalue weighted by molar-refractivity contribution is 6.93. The van der Waals surface area contributed by atoms with Crippen molar-refractivity contribution in [2.24, 2.45) is 0 Å². The summed E-state index contributed by atoms with van der Waals surface area (Å²) in [5.74, 6) is 0. The Hall–Kier alpha value is -0.460. The predicted octanol–water partition coefficient (Wildman–Crippen LogP) is 1.42. The number of halogens is 2. The van der Waals surface area contributed by atoms with Gasteiger partial charge in [0.05, 0.1) is 0 Å². The van der Waals surface area contributed by atoms with Crippen molar-refractivity contribution in [2.75, 3.05) is 0 Å². The van der Waals surface area contributed by atoms with Crippen LogP contribution in [0.5, 0.6) is 0 Å². The molecule has 0 unspecified atom stereocenters. The lowest BCUT2D eigenvalue weighted by molar-refractivity contribution is 0.275. The van der Waals surface area contributed by atoms with Gasteiger partial charge in [0.1, 0.15) is 0 Å². The van der Waals surface area contributed by atoms with E-state index in [-0.39, 0.29) is 0 Å². The van der Waals surface area contributed by atoms with E-state index in [0.717, 1.165) is 6.26 Å². The molecule has 0 spiro atoms. The smallest absolute Gasteiger partial charge is 0.313 e. The second kappa shape index (κ2) is 9.11. The summed E-state index contributed by atoms with van der Waals surface area (Å²) in [6, 6.07) is 0. The lowest BCUT2D eigenvalue weighted by atomic mass is 11.6. The molecule has 7 heavy (non-hydrogen) atoms. The average Bonchev–Trinajstić information content (AvgIpc) is 1.33. The molecule has 5 heteroatoms. The Labute approximate surface area is 50.1 Å². The molecule has 0 rings (SSSR count). The van der Waals surface area contributed by atoms with Gasteiger partial charge in [-0.1, -0.05) is 0 Å². The lowest BCUT2D eigenvalue weighted by Gasteiger charge is -1.48. The average molecular weight is 142 g/mol. The van der Waals surface area contributed by atoms with Crippen LogP contribution in [0.15, 0.2) is 0 Å². The van der Waals surface area contributed by atoms with Crippen LogP contribution in [0, 0.1) is 11.5 Å². The first kappa shape index (κ1) is 9.74. The van der Waals surface area contributed by atoms with Crippen LogP contribution in [0.1, 0.15) is 0 Å². The Bertz CT molecular complexity index is 82.2. The number of rotatable bonds is 0. The SMILES string of the molecule is N#CO.O=C(Cl)Cl. The largest absolute Gasteiger partial charge is 0.443 e. The van der Waals surface area contributed by atoms with Crippen LogP contribution < -0.4 is 0 Å². The third kappa shape index (κ3) is 328. The number of hydrogen-bond donors (Lipinski definition) is 1. The van der Waals surface area contributed by atoms with E-state index in [4.69, 9.17) is 15.2 Å². The summed E-state index contributed by atoms with van der Waals surface area (Å²) >= 11 is 8.80. The molecule has 1 N–H and O–H groups in total. The molecule has 0 heterocycles. The number of nitriles is 1. The highest BCUT2D eigenvalue weighted by Crippen LogP contribution is 1.84. The predicted molar refractivity (Wildman–Crippen MR) is 24.7 cm³/mol. The van der Waals surface area contributed by atoms with Crippen molar-refractivity contribution in [2.45, 2.75) is 0 Å². The molecule has 0 aromatic heterocycles. The van der Waals surface area contributed by atoms with E-state index in [9.17, 15) is 0 Å². The van der Waals surface area contributed by atoms with Gasteiger partial charge >= 0.3 is 4.70 Å². The van der Waals surface area contributed by atoms with E-state index in [0.29, 0.717) is 0 Å². The number of carbonyl (C=O) groups excluding carboxylic acids is 1. The molecule has 3 nitrogen and oxygen atoms in total. The fourth-order valence-corrected chi connectivity index (χ4v) is 0. The maximum atomic E-state index is 8.98. The van der Waals surface area contributed by atoms with Crippen LogP contribution in [-0.2, 0) is 0 Å². The van der Waals surface area contributed by atoms with Gasteiger partial charge in [-0.15, -0.1) is 0 Å². The Morgan fingerprint density at radius 1 is 1.71 bits per heavy atom. The molecule has 0 aromatic rings. The van der Waals surface area contributed by atoms with Crippen LogP contribution >= 0.6 is 23.2 Å². The zero-order chi connectivity index (χ0) is 6.28. The Morgan fingerprint density at radius 3 is 1.71 bits per heavy atom. The van der Waals surface area contributed by atoms with E-state index < -0.39 is 4.70 Å². The summed E-state index contributed by atoms with van der Waals surface area (Å²) < 4.78 is -0.889. The minimum Gasteiger partial charge on any atom is -0.443 e. The highest BCUT2D eigenvalue weighted by atomic mass is 35.5. The van der Waals surface area contributed by atoms with Gasteiger partial charge < -0.3 is 5.11 Å². The number of hydrogen-bond acceptors (Lipinski definition) is 3.